The molecule has 0 saturated heterocycles. The van der Waals surface area contributed by atoms with Gasteiger partial charge in [-0.15, -0.1) is 0 Å². The molecule has 0 aromatic heterocycles. The Morgan fingerprint density at radius 2 is 1.24 bits per heavy atom. The Balaban J connectivity index is 0.000000880. The van der Waals surface area contributed by atoms with Crippen LogP contribution < -0.4 is 0 Å². The van der Waals surface area contributed by atoms with Gasteiger partial charge in [-0.2, -0.15) is 0 Å². The van der Waals surface area contributed by atoms with Gasteiger partial charge in [-0.3, -0.25) is 0 Å². The molecule has 1 fully saturated rings. The van der Waals surface area contributed by atoms with Crippen molar-refractivity contribution in [1.29, 1.82) is 0 Å². The highest BCUT2D eigenvalue weighted by Gasteiger charge is 2.34. The van der Waals surface area contributed by atoms with Crippen LogP contribution in [-0.2, 0) is 0 Å². The zero-order chi connectivity index (χ0) is 17.5. The van der Waals surface area contributed by atoms with Gasteiger partial charge in [0.2, 0.25) is 0 Å². The van der Waals surface area contributed by atoms with Crippen molar-refractivity contribution >= 4 is 18.2 Å². The molecule has 0 bridgehead atoms. The first kappa shape index (κ1) is 17.2. The number of benzene rings is 2. The van der Waals surface area contributed by atoms with Gasteiger partial charge in [-0.25, -0.2) is 0 Å². The van der Waals surface area contributed by atoms with Crippen LogP contribution in [0.3, 0.4) is 0 Å². The fraction of sp³-hybridized carbons (Fsp3) is 0.200. The van der Waals surface area contributed by atoms with E-state index >= 15 is 0 Å². The molecule has 0 N–H and O–H groups in total. The van der Waals surface area contributed by atoms with E-state index in [2.05, 4.69) is 91.1 Å². The van der Waals surface area contributed by atoms with E-state index in [-0.39, 0.29) is 0 Å². The van der Waals surface area contributed by atoms with Gasteiger partial charge in [0.15, 0.2) is 0 Å². The number of hydrogen-bond donors (Lipinski definition) is 0. The maximum absolute atomic E-state index is 2.40. The number of fused-ring (bicyclic) bond motifs is 1. The quantitative estimate of drug-likeness (QED) is 0.529. The van der Waals surface area contributed by atoms with E-state index in [4.69, 9.17) is 0 Å². The summed E-state index contributed by atoms with van der Waals surface area (Å²) in [5, 5.41) is 0. The zero-order valence-corrected chi connectivity index (χ0v) is 15.1. The third-order valence-corrected chi connectivity index (χ3v) is 4.51. The first-order chi connectivity index (χ1) is 12.4. The van der Waals surface area contributed by atoms with Crippen molar-refractivity contribution in [3.05, 3.63) is 101 Å². The van der Waals surface area contributed by atoms with Gasteiger partial charge in [-0.1, -0.05) is 111 Å². The normalized spacial score (nSPS) is 20.8. The number of allylic oxidation sites excluding steroid dienone is 5. The number of rotatable bonds is 4. The Kier molecular flexibility index (Phi) is 5.85. The minimum absolute atomic E-state index is 0.810. The Morgan fingerprint density at radius 1 is 0.680 bits per heavy atom. The van der Waals surface area contributed by atoms with Gasteiger partial charge in [-0.05, 0) is 40.5 Å². The van der Waals surface area contributed by atoms with Gasteiger partial charge in [0, 0.05) is 0 Å². The molecule has 0 heterocycles. The molecule has 2 aliphatic rings. The van der Waals surface area contributed by atoms with Crippen molar-refractivity contribution in [3.63, 3.8) is 0 Å². The van der Waals surface area contributed by atoms with Crippen molar-refractivity contribution < 1.29 is 0 Å². The molecular weight excluding hydrogens is 300 g/mol. The van der Waals surface area contributed by atoms with Crippen molar-refractivity contribution in [2.75, 3.05) is 0 Å². The monoisotopic (exact) mass is 326 g/mol. The Bertz CT molecular complexity index is 786. The van der Waals surface area contributed by atoms with Crippen molar-refractivity contribution in [3.8, 4) is 0 Å². The summed E-state index contributed by atoms with van der Waals surface area (Å²) in [7, 11) is 0. The van der Waals surface area contributed by atoms with Crippen molar-refractivity contribution in [2.45, 2.75) is 20.3 Å². The highest BCUT2D eigenvalue weighted by Crippen LogP contribution is 2.44. The summed E-state index contributed by atoms with van der Waals surface area (Å²) in [6.07, 6.45) is 17.1. The summed E-state index contributed by atoms with van der Waals surface area (Å²) in [6, 6.07) is 19.1. The highest BCUT2D eigenvalue weighted by atomic mass is 14.4. The van der Waals surface area contributed by atoms with Crippen LogP contribution in [0.4, 0.5) is 0 Å². The molecule has 1 saturated carbocycles. The average Bonchev–Trinajstić information content (AvgIpc) is 3.47. The summed E-state index contributed by atoms with van der Waals surface area (Å²) in [6.45, 7) is 4.00. The van der Waals surface area contributed by atoms with Gasteiger partial charge < -0.3 is 0 Å². The zero-order valence-electron chi connectivity index (χ0n) is 15.1. The Labute approximate surface area is 151 Å². The summed E-state index contributed by atoms with van der Waals surface area (Å²) in [5.41, 5.74) is 5.04. The second-order valence-corrected chi connectivity index (χ2v) is 6.33. The largest absolute Gasteiger partial charge is 0.0802 e. The second-order valence-electron chi connectivity index (χ2n) is 6.33. The standard InChI is InChI=1S/C23H20.C2H6/c1-2-4-18(5-3-1)6-7-19-8-10-20(11-9-19)12-13-21-14-15-22-17-23(22)16-21;1-2/h1-16,22-23H,17H2;1-2H3/b7-6+,13-12+;. The predicted octanol–water partition coefficient (Wildman–Crippen LogP) is 7.03. The molecule has 2 aromatic carbocycles. The molecule has 0 aliphatic heterocycles. The van der Waals surface area contributed by atoms with E-state index in [9.17, 15) is 0 Å². The minimum atomic E-state index is 0.810. The van der Waals surface area contributed by atoms with Gasteiger partial charge >= 0.3 is 0 Å². The number of hydrogen-bond acceptors (Lipinski definition) is 0. The molecule has 4 rings (SSSR count). The maximum Gasteiger partial charge on any atom is -0.0155 e. The molecule has 0 radical (unpaired) electrons. The van der Waals surface area contributed by atoms with Crippen LogP contribution in [-0.4, -0.2) is 0 Å². The third-order valence-electron chi connectivity index (χ3n) is 4.51. The molecule has 25 heavy (non-hydrogen) atoms. The summed E-state index contributed by atoms with van der Waals surface area (Å²) in [5.74, 6) is 1.65. The molecule has 126 valence electrons. The van der Waals surface area contributed by atoms with Crippen LogP contribution in [0.15, 0.2) is 84.5 Å². The predicted molar refractivity (Wildman–Crippen MR) is 111 cm³/mol. The van der Waals surface area contributed by atoms with E-state index in [1.54, 1.807) is 0 Å². The van der Waals surface area contributed by atoms with Crippen molar-refractivity contribution in [2.24, 2.45) is 11.8 Å². The lowest BCUT2D eigenvalue weighted by Crippen LogP contribution is -1.84. The fourth-order valence-electron chi connectivity index (χ4n) is 2.96. The first-order valence-electron chi connectivity index (χ1n) is 9.28. The van der Waals surface area contributed by atoms with E-state index in [0.717, 1.165) is 11.8 Å². The topological polar surface area (TPSA) is 0 Å². The third kappa shape index (κ3) is 4.93. The molecule has 2 aromatic rings. The second kappa shape index (κ2) is 8.48. The smallest absolute Gasteiger partial charge is 0.0155 e. The molecule has 2 atom stereocenters. The van der Waals surface area contributed by atoms with E-state index < -0.39 is 0 Å². The molecule has 0 amide bonds. The molecule has 0 nitrogen and oxygen atoms in total. The van der Waals surface area contributed by atoms with Crippen LogP contribution in [0, 0.1) is 11.8 Å². The molecular formula is C25H26. The van der Waals surface area contributed by atoms with Crippen LogP contribution in [0.5, 0.6) is 0 Å². The Morgan fingerprint density at radius 3 is 1.84 bits per heavy atom. The van der Waals surface area contributed by atoms with Crippen LogP contribution >= 0.6 is 0 Å². The van der Waals surface area contributed by atoms with Gasteiger partial charge in [0.1, 0.15) is 0 Å². The van der Waals surface area contributed by atoms with Crippen molar-refractivity contribution in [1.82, 2.24) is 0 Å². The lowest BCUT2D eigenvalue weighted by Gasteiger charge is -2.01. The SMILES string of the molecule is C1=CC2CC2C=C1/C=C/c1ccc(/C=C/c2ccccc2)cc1.CC. The summed E-state index contributed by atoms with van der Waals surface area (Å²) in [4.78, 5) is 0. The first-order valence-corrected chi connectivity index (χ1v) is 9.28. The Hall–Kier alpha value is -2.60. The van der Waals surface area contributed by atoms with Gasteiger partial charge in [0.25, 0.3) is 0 Å². The summed E-state index contributed by atoms with van der Waals surface area (Å²) < 4.78 is 0. The van der Waals surface area contributed by atoms with Crippen LogP contribution in [0.1, 0.15) is 37.0 Å². The fourth-order valence-corrected chi connectivity index (χ4v) is 2.96. The molecule has 0 spiro atoms. The van der Waals surface area contributed by atoms with Crippen LogP contribution in [0.25, 0.3) is 18.2 Å². The lowest BCUT2D eigenvalue weighted by molar-refractivity contribution is 0.971. The molecule has 2 aliphatic carbocycles. The lowest BCUT2D eigenvalue weighted by atomic mass is 10.0. The maximum atomic E-state index is 2.40. The molecule has 2 unspecified atom stereocenters. The van der Waals surface area contributed by atoms with E-state index in [1.165, 1.54) is 28.7 Å². The van der Waals surface area contributed by atoms with Crippen LogP contribution in [0.2, 0.25) is 0 Å². The molecule has 0 heteroatoms. The average molecular weight is 326 g/mol. The van der Waals surface area contributed by atoms with E-state index in [0.29, 0.717) is 0 Å². The van der Waals surface area contributed by atoms with E-state index in [1.807, 2.05) is 19.9 Å². The minimum Gasteiger partial charge on any atom is -0.0802 e. The summed E-state index contributed by atoms with van der Waals surface area (Å²) >= 11 is 0. The van der Waals surface area contributed by atoms with Gasteiger partial charge in [0.05, 0.1) is 0 Å². The highest BCUT2D eigenvalue weighted by molar-refractivity contribution is 5.70.